The van der Waals surface area contributed by atoms with Crippen molar-refractivity contribution in [2.24, 2.45) is 13.0 Å². The molecule has 0 saturated carbocycles. The predicted molar refractivity (Wildman–Crippen MR) is 92.9 cm³/mol. The molecule has 0 unspecified atom stereocenters. The van der Waals surface area contributed by atoms with Crippen molar-refractivity contribution in [2.75, 3.05) is 18.0 Å². The van der Waals surface area contributed by atoms with E-state index in [-0.39, 0.29) is 11.7 Å². The fourth-order valence-corrected chi connectivity index (χ4v) is 3.77. The van der Waals surface area contributed by atoms with E-state index in [2.05, 4.69) is 39.5 Å². The number of piperidine rings is 1. The maximum Gasteiger partial charge on any atom is 0.369 e. The average Bonchev–Trinajstić information content (AvgIpc) is 2.63. The van der Waals surface area contributed by atoms with Crippen molar-refractivity contribution in [3.05, 3.63) is 34.2 Å². The molecule has 7 heteroatoms. The molecule has 1 aliphatic rings. The third kappa shape index (κ3) is 2.94. The Morgan fingerprint density at radius 2 is 2.29 bits per heavy atom. The number of aryl methyl sites for hydroxylation is 1. The molecule has 2 atom stereocenters. The first-order valence-corrected chi connectivity index (χ1v) is 8.57. The van der Waals surface area contributed by atoms with Gasteiger partial charge in [0.1, 0.15) is 17.3 Å². The predicted octanol–water partition coefficient (Wildman–Crippen LogP) is 1.51. The van der Waals surface area contributed by atoms with Crippen molar-refractivity contribution in [3.8, 4) is 6.07 Å². The van der Waals surface area contributed by atoms with Gasteiger partial charge in [-0.05, 0) is 30.9 Å². The molecule has 6 nitrogen and oxygen atoms in total. The van der Waals surface area contributed by atoms with E-state index in [4.69, 9.17) is 9.05 Å². The summed E-state index contributed by atoms with van der Waals surface area (Å²) < 4.78 is 7.08. The molecule has 0 N–H and O–H groups in total. The van der Waals surface area contributed by atoms with Gasteiger partial charge in [0.2, 0.25) is 0 Å². The Hall–Kier alpha value is -1.86. The minimum atomic E-state index is -0.0681. The quantitative estimate of drug-likeness (QED) is 0.794. The zero-order valence-corrected chi connectivity index (χ0v) is 15.1. The van der Waals surface area contributed by atoms with E-state index in [1.54, 1.807) is 29.8 Å². The average molecular weight is 338 g/mol. The number of nitriles is 1. The van der Waals surface area contributed by atoms with E-state index in [0.29, 0.717) is 17.1 Å². The van der Waals surface area contributed by atoms with Crippen molar-refractivity contribution >= 4 is 33.3 Å². The van der Waals surface area contributed by atoms with E-state index < -0.39 is 0 Å². The number of anilines is 1. The van der Waals surface area contributed by atoms with Crippen LogP contribution >= 0.6 is 0 Å². The van der Waals surface area contributed by atoms with Crippen LogP contribution in [0.2, 0.25) is 0 Å². The van der Waals surface area contributed by atoms with Gasteiger partial charge in [-0.15, -0.1) is 0 Å². The van der Waals surface area contributed by atoms with Gasteiger partial charge in [0.15, 0.2) is 0 Å². The Labute approximate surface area is 149 Å². The maximum atomic E-state index is 12.3. The van der Waals surface area contributed by atoms with Crippen LogP contribution in [0.25, 0.3) is 11.0 Å². The smallest absolute Gasteiger partial charge is 0.369 e. The first kappa shape index (κ1) is 17.0. The molecule has 3 heterocycles. The highest BCUT2D eigenvalue weighted by atomic mass is 27.1. The lowest BCUT2D eigenvalue weighted by Crippen LogP contribution is -2.44. The number of hydrogen-bond donors (Lipinski definition) is 0. The highest BCUT2D eigenvalue weighted by Crippen LogP contribution is 2.30. The lowest BCUT2D eigenvalue weighted by molar-refractivity contribution is 0.121. The van der Waals surface area contributed by atoms with Gasteiger partial charge in [0, 0.05) is 32.3 Å². The van der Waals surface area contributed by atoms with Crippen LogP contribution in [0.1, 0.15) is 25.5 Å². The number of fused-ring (bicyclic) bond motifs is 1. The topological polar surface area (TPSA) is 71.2 Å². The Morgan fingerprint density at radius 3 is 2.96 bits per heavy atom. The molecule has 0 spiro atoms. The third-order valence-corrected chi connectivity index (χ3v) is 5.24. The summed E-state index contributed by atoms with van der Waals surface area (Å²) in [5.74, 6) is 0.398. The molecular formula is C17H19AlN4O2. The van der Waals surface area contributed by atoms with Crippen molar-refractivity contribution in [1.29, 1.82) is 5.26 Å². The van der Waals surface area contributed by atoms with Gasteiger partial charge in [-0.2, -0.15) is 5.26 Å². The normalized spacial score (nSPS) is 21.0. The minimum absolute atomic E-state index is 0.0681. The molecular weight excluding hydrogens is 319 g/mol. The lowest BCUT2D eigenvalue weighted by atomic mass is 9.92. The van der Waals surface area contributed by atoms with Crippen LogP contribution in [-0.4, -0.2) is 45.4 Å². The van der Waals surface area contributed by atoms with Crippen LogP contribution < -0.4 is 10.5 Å². The van der Waals surface area contributed by atoms with Gasteiger partial charge < -0.3 is 13.3 Å². The summed E-state index contributed by atoms with van der Waals surface area (Å²) in [6, 6.07) is 7.15. The minimum Gasteiger partial charge on any atom is -0.513 e. The van der Waals surface area contributed by atoms with E-state index in [1.165, 1.54) is 0 Å². The third-order valence-electron chi connectivity index (χ3n) is 4.89. The molecule has 0 aromatic carbocycles. The molecule has 2 aromatic rings. The van der Waals surface area contributed by atoms with Crippen LogP contribution in [0.3, 0.4) is 0 Å². The maximum absolute atomic E-state index is 12.3. The van der Waals surface area contributed by atoms with E-state index in [0.717, 1.165) is 37.1 Å². The van der Waals surface area contributed by atoms with Crippen LogP contribution in [0.4, 0.5) is 5.69 Å². The zero-order chi connectivity index (χ0) is 17.3. The monoisotopic (exact) mass is 338 g/mol. The van der Waals surface area contributed by atoms with Gasteiger partial charge in [0.25, 0.3) is 5.56 Å². The standard InChI is InChI=1S/C17H19N4O2.Al/c1-3-11-10-21(7-6-15(11)22)14-8-16(23)20(2)13-5-4-12(9-18)19-17(13)14;/h4-5,8,11,15H,3,6-7,10H2,1-2H3;/q-1;+1/t11-,15+;/m1./s1. The molecule has 2 radical (unpaired) electrons. The van der Waals surface area contributed by atoms with Crippen LogP contribution in [-0.2, 0) is 10.8 Å². The first-order valence-electron chi connectivity index (χ1n) is 8.10. The largest absolute Gasteiger partial charge is 0.513 e. The number of aromatic nitrogens is 2. The lowest BCUT2D eigenvalue weighted by Gasteiger charge is -2.40. The summed E-state index contributed by atoms with van der Waals surface area (Å²) in [5.41, 5.74) is 2.55. The van der Waals surface area contributed by atoms with Crippen LogP contribution in [0.5, 0.6) is 0 Å². The van der Waals surface area contributed by atoms with Gasteiger partial charge in [-0.1, -0.05) is 6.92 Å². The van der Waals surface area contributed by atoms with Gasteiger partial charge in [-0.3, -0.25) is 4.79 Å². The summed E-state index contributed by atoms with van der Waals surface area (Å²) in [4.78, 5) is 19.0. The number of nitrogens with zero attached hydrogens (tertiary/aromatic N) is 4. The molecule has 0 bridgehead atoms. The Kier molecular flexibility index (Phi) is 4.91. The Bertz CT molecular complexity index is 858. The van der Waals surface area contributed by atoms with Crippen LogP contribution in [0.15, 0.2) is 23.0 Å². The number of hydrogen-bond acceptors (Lipinski definition) is 5. The second-order valence-electron chi connectivity index (χ2n) is 6.18. The van der Waals surface area contributed by atoms with Gasteiger partial charge in [-0.25, -0.2) is 4.98 Å². The molecule has 0 amide bonds. The Balaban J connectivity index is 2.10. The van der Waals surface area contributed by atoms with E-state index in [9.17, 15) is 4.79 Å². The first-order chi connectivity index (χ1) is 11.6. The van der Waals surface area contributed by atoms with Crippen molar-refractivity contribution < 1.29 is 3.79 Å². The molecule has 2 aromatic heterocycles. The molecule has 0 aliphatic carbocycles. The summed E-state index contributed by atoms with van der Waals surface area (Å²) in [6.45, 7) is 3.77. The summed E-state index contributed by atoms with van der Waals surface area (Å²) in [7, 11) is 1.73. The number of pyridine rings is 2. The fraction of sp³-hybridized carbons (Fsp3) is 0.471. The summed E-state index contributed by atoms with van der Waals surface area (Å²) in [5, 5.41) is 9.16. The summed E-state index contributed by atoms with van der Waals surface area (Å²) in [6.07, 6.45) is 2.13. The second kappa shape index (κ2) is 6.95. The molecule has 1 saturated heterocycles. The van der Waals surface area contributed by atoms with E-state index in [1.807, 2.05) is 0 Å². The van der Waals surface area contributed by atoms with Crippen molar-refractivity contribution in [2.45, 2.75) is 25.9 Å². The highest BCUT2D eigenvalue weighted by Gasteiger charge is 2.28. The zero-order valence-electron chi connectivity index (χ0n) is 13.9. The number of rotatable bonds is 3. The highest BCUT2D eigenvalue weighted by molar-refractivity contribution is 5.98. The second-order valence-corrected chi connectivity index (χ2v) is 6.45. The Morgan fingerprint density at radius 1 is 1.50 bits per heavy atom. The van der Waals surface area contributed by atoms with Crippen molar-refractivity contribution in [3.63, 3.8) is 0 Å². The van der Waals surface area contributed by atoms with E-state index >= 15 is 0 Å². The van der Waals surface area contributed by atoms with Crippen molar-refractivity contribution in [1.82, 2.24) is 9.55 Å². The summed E-state index contributed by atoms with van der Waals surface area (Å²) >= 11 is 2.37. The molecule has 3 rings (SSSR count). The molecule has 24 heavy (non-hydrogen) atoms. The van der Waals surface area contributed by atoms with Gasteiger partial charge >= 0.3 is 16.6 Å². The molecule has 1 fully saturated rings. The fourth-order valence-electron chi connectivity index (χ4n) is 3.42. The van der Waals surface area contributed by atoms with Gasteiger partial charge in [0.05, 0.1) is 11.2 Å². The van der Waals surface area contributed by atoms with Crippen LogP contribution in [0, 0.1) is 17.2 Å². The molecule has 1 aliphatic heterocycles. The molecule has 122 valence electrons. The SMILES string of the molecule is CC[C@@H]1CN(c2cc(=O)n(C)c3ccc(C#N)nc23)CC[C@@H]1[O][Al].